The summed E-state index contributed by atoms with van der Waals surface area (Å²) in [5.74, 6) is 2.58. The highest BCUT2D eigenvalue weighted by atomic mass is 16.1. The van der Waals surface area contributed by atoms with Gasteiger partial charge in [-0.15, -0.1) is 0 Å². The summed E-state index contributed by atoms with van der Waals surface area (Å²) in [6.45, 7) is 4.02. The van der Waals surface area contributed by atoms with Gasteiger partial charge in [-0.2, -0.15) is 0 Å². The van der Waals surface area contributed by atoms with Gasteiger partial charge in [-0.3, -0.25) is 4.79 Å². The molecule has 1 saturated heterocycles. The topological polar surface area (TPSA) is 70.2 Å². The van der Waals surface area contributed by atoms with Gasteiger partial charge in [0.1, 0.15) is 18.0 Å². The van der Waals surface area contributed by atoms with E-state index in [1.807, 2.05) is 25.1 Å². The van der Waals surface area contributed by atoms with Gasteiger partial charge in [-0.1, -0.05) is 30.3 Å². The zero-order chi connectivity index (χ0) is 20.1. The summed E-state index contributed by atoms with van der Waals surface area (Å²) in [7, 11) is 0. The number of rotatable bonds is 8. The van der Waals surface area contributed by atoms with E-state index >= 15 is 0 Å². The Morgan fingerprint density at radius 2 is 2.03 bits per heavy atom. The molecule has 2 heterocycles. The SMILES string of the molecule is C[C@@H](NC(=O)CC[C@@H]1CCCN(c2cc(NC3CC3)ncn2)C1)c1ccccc1. The number of anilines is 2. The average molecular weight is 394 g/mol. The van der Waals surface area contributed by atoms with Crippen LogP contribution in [0.4, 0.5) is 11.6 Å². The third-order valence-electron chi connectivity index (χ3n) is 5.88. The van der Waals surface area contributed by atoms with Crippen LogP contribution in [0.15, 0.2) is 42.7 Å². The van der Waals surface area contributed by atoms with Gasteiger partial charge in [0.15, 0.2) is 0 Å². The summed E-state index contributed by atoms with van der Waals surface area (Å²) >= 11 is 0. The number of benzene rings is 1. The van der Waals surface area contributed by atoms with Gasteiger partial charge in [-0.05, 0) is 50.5 Å². The highest BCUT2D eigenvalue weighted by Crippen LogP contribution is 2.28. The number of aromatic nitrogens is 2. The smallest absolute Gasteiger partial charge is 0.220 e. The summed E-state index contributed by atoms with van der Waals surface area (Å²) in [5, 5.41) is 6.58. The van der Waals surface area contributed by atoms with Crippen LogP contribution in [0.5, 0.6) is 0 Å². The standard InChI is InChI=1S/C23H31N5O/c1-17(19-7-3-2-4-8-19)26-23(29)12-9-18-6-5-13-28(15-18)22-14-21(24-16-25-22)27-20-10-11-20/h2-4,7-8,14,16-18,20H,5-6,9-13,15H2,1H3,(H,26,29)(H,24,25,27)/t17-,18+/m1/s1. The number of nitrogens with one attached hydrogen (secondary N) is 2. The van der Waals surface area contributed by atoms with Crippen molar-refractivity contribution in [2.24, 2.45) is 5.92 Å². The number of carbonyl (C=O) groups is 1. The van der Waals surface area contributed by atoms with E-state index in [-0.39, 0.29) is 11.9 Å². The fraction of sp³-hybridized carbons (Fsp3) is 0.522. The monoisotopic (exact) mass is 393 g/mol. The lowest BCUT2D eigenvalue weighted by Gasteiger charge is -2.33. The molecular formula is C23H31N5O. The fourth-order valence-electron chi connectivity index (χ4n) is 4.02. The van der Waals surface area contributed by atoms with Gasteiger partial charge < -0.3 is 15.5 Å². The van der Waals surface area contributed by atoms with Crippen molar-refractivity contribution < 1.29 is 4.79 Å². The van der Waals surface area contributed by atoms with Crippen molar-refractivity contribution in [2.45, 2.75) is 57.5 Å². The second kappa shape index (κ2) is 9.25. The van der Waals surface area contributed by atoms with Crippen molar-refractivity contribution in [2.75, 3.05) is 23.3 Å². The van der Waals surface area contributed by atoms with Crippen LogP contribution in [0.25, 0.3) is 0 Å². The van der Waals surface area contributed by atoms with E-state index in [9.17, 15) is 4.79 Å². The minimum atomic E-state index is 0.0463. The van der Waals surface area contributed by atoms with Crippen LogP contribution in [0.1, 0.15) is 57.1 Å². The van der Waals surface area contributed by atoms with Gasteiger partial charge in [0.25, 0.3) is 0 Å². The molecule has 1 aromatic carbocycles. The molecule has 1 saturated carbocycles. The van der Waals surface area contributed by atoms with Crippen molar-refractivity contribution in [3.05, 3.63) is 48.3 Å². The zero-order valence-electron chi connectivity index (χ0n) is 17.2. The molecule has 0 unspecified atom stereocenters. The molecule has 0 bridgehead atoms. The van der Waals surface area contributed by atoms with Gasteiger partial charge in [0.05, 0.1) is 6.04 Å². The van der Waals surface area contributed by atoms with Gasteiger partial charge in [0.2, 0.25) is 5.91 Å². The molecule has 2 atom stereocenters. The first-order chi connectivity index (χ1) is 14.2. The molecule has 6 heteroatoms. The third kappa shape index (κ3) is 5.68. The van der Waals surface area contributed by atoms with Crippen LogP contribution in [-0.2, 0) is 4.79 Å². The molecular weight excluding hydrogens is 362 g/mol. The van der Waals surface area contributed by atoms with E-state index in [2.05, 4.69) is 43.7 Å². The van der Waals surface area contributed by atoms with Gasteiger partial charge >= 0.3 is 0 Å². The minimum absolute atomic E-state index is 0.0463. The van der Waals surface area contributed by atoms with Gasteiger partial charge in [0, 0.05) is 31.6 Å². The summed E-state index contributed by atoms with van der Waals surface area (Å²) in [5.41, 5.74) is 1.14. The maximum Gasteiger partial charge on any atom is 0.220 e. The number of hydrogen-bond acceptors (Lipinski definition) is 5. The lowest BCUT2D eigenvalue weighted by atomic mass is 9.93. The minimum Gasteiger partial charge on any atom is -0.367 e. The molecule has 4 rings (SSSR count). The zero-order valence-corrected chi connectivity index (χ0v) is 17.2. The van der Waals surface area contributed by atoms with Crippen LogP contribution in [0.3, 0.4) is 0 Å². The van der Waals surface area contributed by atoms with E-state index in [4.69, 9.17) is 0 Å². The van der Waals surface area contributed by atoms with Crippen molar-refractivity contribution >= 4 is 17.5 Å². The van der Waals surface area contributed by atoms with Gasteiger partial charge in [-0.25, -0.2) is 9.97 Å². The lowest BCUT2D eigenvalue weighted by molar-refractivity contribution is -0.122. The summed E-state index contributed by atoms with van der Waals surface area (Å²) in [4.78, 5) is 23.6. The summed E-state index contributed by atoms with van der Waals surface area (Å²) in [6.07, 6.45) is 7.93. The molecule has 1 amide bonds. The van der Waals surface area contributed by atoms with Crippen molar-refractivity contribution in [1.29, 1.82) is 0 Å². The Labute approximate surface area is 173 Å². The van der Waals surface area contributed by atoms with E-state index < -0.39 is 0 Å². The molecule has 6 nitrogen and oxygen atoms in total. The second-order valence-corrected chi connectivity index (χ2v) is 8.37. The molecule has 1 aliphatic heterocycles. The van der Waals surface area contributed by atoms with E-state index in [0.717, 1.165) is 43.1 Å². The quantitative estimate of drug-likeness (QED) is 0.711. The van der Waals surface area contributed by atoms with Crippen LogP contribution in [0, 0.1) is 5.92 Å². The normalized spacial score (nSPS) is 20.2. The first-order valence-electron chi connectivity index (χ1n) is 10.9. The number of hydrogen-bond donors (Lipinski definition) is 2. The third-order valence-corrected chi connectivity index (χ3v) is 5.88. The Morgan fingerprint density at radius 1 is 1.21 bits per heavy atom. The molecule has 154 valence electrons. The summed E-state index contributed by atoms with van der Waals surface area (Å²) in [6, 6.07) is 12.8. The van der Waals surface area contributed by atoms with Crippen LogP contribution in [-0.4, -0.2) is 35.0 Å². The number of piperidine rings is 1. The molecule has 0 radical (unpaired) electrons. The molecule has 1 aliphatic carbocycles. The Kier molecular flexibility index (Phi) is 6.27. The van der Waals surface area contributed by atoms with Crippen LogP contribution in [0.2, 0.25) is 0 Å². The number of carbonyl (C=O) groups excluding carboxylic acids is 1. The van der Waals surface area contributed by atoms with E-state index in [1.54, 1.807) is 6.33 Å². The number of amides is 1. The number of nitrogens with zero attached hydrogens (tertiary/aromatic N) is 3. The Hall–Kier alpha value is -2.63. The maximum atomic E-state index is 12.4. The molecule has 2 fully saturated rings. The first kappa shape index (κ1) is 19.7. The lowest BCUT2D eigenvalue weighted by Crippen LogP contribution is -2.36. The van der Waals surface area contributed by atoms with E-state index in [1.165, 1.54) is 19.3 Å². The highest BCUT2D eigenvalue weighted by Gasteiger charge is 2.24. The highest BCUT2D eigenvalue weighted by molar-refractivity contribution is 5.76. The summed E-state index contributed by atoms with van der Waals surface area (Å²) < 4.78 is 0. The molecule has 29 heavy (non-hydrogen) atoms. The van der Waals surface area contributed by atoms with E-state index in [0.29, 0.717) is 18.4 Å². The predicted octanol–water partition coefficient (Wildman–Crippen LogP) is 3.92. The maximum absolute atomic E-state index is 12.4. The molecule has 2 N–H and O–H groups in total. The second-order valence-electron chi connectivity index (χ2n) is 8.37. The van der Waals surface area contributed by atoms with Crippen LogP contribution < -0.4 is 15.5 Å². The molecule has 2 aliphatic rings. The fourth-order valence-corrected chi connectivity index (χ4v) is 4.02. The average Bonchev–Trinajstić information content (AvgIpc) is 3.57. The Morgan fingerprint density at radius 3 is 2.83 bits per heavy atom. The Bertz CT molecular complexity index is 808. The molecule has 2 aromatic rings. The van der Waals surface area contributed by atoms with Crippen molar-refractivity contribution in [3.63, 3.8) is 0 Å². The first-order valence-corrected chi connectivity index (χ1v) is 10.9. The predicted molar refractivity (Wildman–Crippen MR) is 116 cm³/mol. The molecule has 0 spiro atoms. The Balaban J connectivity index is 1.26. The van der Waals surface area contributed by atoms with Crippen molar-refractivity contribution in [1.82, 2.24) is 15.3 Å². The largest absolute Gasteiger partial charge is 0.367 e. The van der Waals surface area contributed by atoms with Crippen molar-refractivity contribution in [3.8, 4) is 0 Å². The molecule has 1 aromatic heterocycles. The van der Waals surface area contributed by atoms with Crippen LogP contribution >= 0.6 is 0 Å².